The minimum Gasteiger partial charge on any atom is -0.396 e. The van der Waals surface area contributed by atoms with Crippen molar-refractivity contribution in [3.63, 3.8) is 0 Å². The Bertz CT molecular complexity index is 844. The van der Waals surface area contributed by atoms with Crippen LogP contribution in [-0.4, -0.2) is 49.8 Å². The summed E-state index contributed by atoms with van der Waals surface area (Å²) >= 11 is 0. The van der Waals surface area contributed by atoms with E-state index >= 15 is 0 Å². The molecular formula is C33H57NO3. The topological polar surface area (TPSA) is 49.8 Å². The fourth-order valence-corrected chi connectivity index (χ4v) is 4.26. The quantitative estimate of drug-likeness (QED) is 0.245. The predicted octanol–water partition coefficient (Wildman–Crippen LogP) is 7.83. The van der Waals surface area contributed by atoms with Crippen LogP contribution in [0.5, 0.6) is 0 Å². The maximum absolute atomic E-state index is 9.09. The van der Waals surface area contributed by atoms with E-state index in [0.717, 1.165) is 39.0 Å². The van der Waals surface area contributed by atoms with E-state index < -0.39 is 0 Å². The number of hydrogen-bond donors (Lipinski definition) is 1. The fourth-order valence-electron chi connectivity index (χ4n) is 4.26. The second kappa shape index (κ2) is 22.9. The molecule has 212 valence electrons. The molecule has 4 heteroatoms. The Balaban J connectivity index is -0.000000688. The lowest BCUT2D eigenvalue weighted by atomic mass is 9.74. The van der Waals surface area contributed by atoms with Crippen LogP contribution in [0.4, 0.5) is 0 Å². The van der Waals surface area contributed by atoms with Crippen LogP contribution in [-0.2, 0) is 22.4 Å². The van der Waals surface area contributed by atoms with E-state index in [1.807, 2.05) is 27.6 Å². The SMILES string of the molecule is C.C=O.CC.CCOCN(CCCO)CC1=C(C)CC1Cc1ccc(C)cc1.CCc1ccccc1C.[HH]. The largest absolute Gasteiger partial charge is 0.396 e. The van der Waals surface area contributed by atoms with Gasteiger partial charge in [-0.05, 0) is 76.0 Å². The predicted molar refractivity (Wildman–Crippen MR) is 163 cm³/mol. The normalized spacial score (nSPS) is 13.6. The number of ether oxygens (including phenoxy) is 1. The maximum Gasteiger partial charge on any atom is 0.106 e. The summed E-state index contributed by atoms with van der Waals surface area (Å²) in [6, 6.07) is 17.4. The van der Waals surface area contributed by atoms with Crippen LogP contribution in [0.25, 0.3) is 0 Å². The van der Waals surface area contributed by atoms with Crippen LogP contribution >= 0.6 is 0 Å². The van der Waals surface area contributed by atoms with E-state index in [1.165, 1.54) is 34.2 Å². The number of hydrogen-bond acceptors (Lipinski definition) is 4. The molecule has 1 atom stereocenters. The number of rotatable bonds is 11. The summed E-state index contributed by atoms with van der Waals surface area (Å²) in [5.41, 5.74) is 8.71. The summed E-state index contributed by atoms with van der Waals surface area (Å²) in [7, 11) is 0. The molecule has 0 spiro atoms. The molecule has 1 aliphatic rings. The number of allylic oxidation sites excluding steroid dienone is 1. The average Bonchev–Trinajstić information content (AvgIpc) is 2.92. The van der Waals surface area contributed by atoms with Gasteiger partial charge in [0.1, 0.15) is 6.79 Å². The Morgan fingerprint density at radius 1 is 1.03 bits per heavy atom. The third-order valence-corrected chi connectivity index (χ3v) is 6.34. The second-order valence-electron chi connectivity index (χ2n) is 8.93. The highest BCUT2D eigenvalue weighted by Crippen LogP contribution is 2.37. The third kappa shape index (κ3) is 14.3. The number of benzene rings is 2. The van der Waals surface area contributed by atoms with Crippen LogP contribution in [0.2, 0.25) is 0 Å². The molecule has 3 rings (SSSR count). The van der Waals surface area contributed by atoms with Crippen molar-refractivity contribution in [2.24, 2.45) is 5.92 Å². The van der Waals surface area contributed by atoms with Crippen molar-refractivity contribution in [1.29, 1.82) is 0 Å². The summed E-state index contributed by atoms with van der Waals surface area (Å²) < 4.78 is 5.59. The van der Waals surface area contributed by atoms with Gasteiger partial charge in [-0.2, -0.15) is 0 Å². The van der Waals surface area contributed by atoms with E-state index in [2.05, 4.69) is 81.1 Å². The molecule has 1 unspecified atom stereocenters. The van der Waals surface area contributed by atoms with Crippen LogP contribution < -0.4 is 0 Å². The van der Waals surface area contributed by atoms with E-state index in [0.29, 0.717) is 12.6 Å². The van der Waals surface area contributed by atoms with Crippen molar-refractivity contribution in [2.45, 2.75) is 81.6 Å². The van der Waals surface area contributed by atoms with Gasteiger partial charge in [-0.1, -0.05) is 93.4 Å². The summed E-state index contributed by atoms with van der Waals surface area (Å²) in [6.07, 6.45) is 4.30. The van der Waals surface area contributed by atoms with E-state index in [4.69, 9.17) is 14.6 Å². The molecule has 1 aliphatic carbocycles. The molecule has 0 radical (unpaired) electrons. The number of carbonyl (C=O) groups is 1. The number of aryl methyl sites for hydroxylation is 3. The van der Waals surface area contributed by atoms with Gasteiger partial charge >= 0.3 is 0 Å². The van der Waals surface area contributed by atoms with Crippen molar-refractivity contribution in [3.8, 4) is 0 Å². The minimum absolute atomic E-state index is 0. The molecule has 0 saturated carbocycles. The minimum atomic E-state index is 0. The van der Waals surface area contributed by atoms with Crippen LogP contribution in [0.15, 0.2) is 59.7 Å². The van der Waals surface area contributed by atoms with Crippen LogP contribution in [0, 0.1) is 19.8 Å². The van der Waals surface area contributed by atoms with E-state index in [9.17, 15) is 0 Å². The standard InChI is InChI=1S/C20H31NO2.C9H12.C2H6.CH2O.CH4.H2/c1-4-23-15-21(10-5-11-22)14-20-17(3)12-19(20)13-18-8-6-16(2)7-9-18;1-3-9-7-5-4-6-8(9)2;2*1-2;;/h6-9,19,22H,4-5,10-15H2,1-3H3;4-7H,3H2,1-2H3;1-2H3;1H2;1H4;1H. The molecule has 0 heterocycles. The summed E-state index contributed by atoms with van der Waals surface area (Å²) in [6.45, 7) is 20.3. The molecule has 0 bridgehead atoms. The van der Waals surface area contributed by atoms with Crippen LogP contribution in [0.1, 0.15) is 78.6 Å². The van der Waals surface area contributed by atoms with Gasteiger partial charge in [0, 0.05) is 27.7 Å². The molecule has 0 fully saturated rings. The Kier molecular flexibility index (Phi) is 22.8. The van der Waals surface area contributed by atoms with Gasteiger partial charge in [0.2, 0.25) is 0 Å². The first kappa shape index (κ1) is 36.9. The molecular weight excluding hydrogens is 458 g/mol. The maximum atomic E-state index is 9.09. The van der Waals surface area contributed by atoms with E-state index in [1.54, 1.807) is 5.57 Å². The van der Waals surface area contributed by atoms with Gasteiger partial charge in [-0.25, -0.2) is 0 Å². The van der Waals surface area contributed by atoms with Crippen molar-refractivity contribution < 1.29 is 16.1 Å². The Morgan fingerprint density at radius 2 is 1.65 bits per heavy atom. The highest BCUT2D eigenvalue weighted by atomic mass is 16.5. The van der Waals surface area contributed by atoms with Crippen molar-refractivity contribution in [3.05, 3.63) is 81.9 Å². The molecule has 2 aromatic carbocycles. The number of carbonyl (C=O) groups excluding carboxylic acids is 1. The Labute approximate surface area is 230 Å². The monoisotopic (exact) mass is 515 g/mol. The van der Waals surface area contributed by atoms with Crippen molar-refractivity contribution >= 4 is 6.79 Å². The highest BCUT2D eigenvalue weighted by Gasteiger charge is 2.28. The van der Waals surface area contributed by atoms with Gasteiger partial charge in [-0.3, -0.25) is 4.90 Å². The first-order valence-corrected chi connectivity index (χ1v) is 13.5. The lowest BCUT2D eigenvalue weighted by Gasteiger charge is -2.36. The Hall–Kier alpha value is -2.27. The van der Waals surface area contributed by atoms with Gasteiger partial charge in [-0.15, -0.1) is 0 Å². The molecule has 0 amide bonds. The molecule has 0 saturated heterocycles. The number of nitrogens with zero attached hydrogens (tertiary/aromatic N) is 1. The van der Waals surface area contributed by atoms with Crippen molar-refractivity contribution in [1.82, 2.24) is 4.90 Å². The molecule has 4 nitrogen and oxygen atoms in total. The molecule has 0 aliphatic heterocycles. The average molecular weight is 516 g/mol. The zero-order chi connectivity index (χ0) is 27.3. The third-order valence-electron chi connectivity index (χ3n) is 6.34. The molecule has 0 aromatic heterocycles. The van der Waals surface area contributed by atoms with Crippen molar-refractivity contribution in [2.75, 3.05) is 33.0 Å². The van der Waals surface area contributed by atoms with Gasteiger partial charge in [0.05, 0.1) is 6.73 Å². The molecule has 37 heavy (non-hydrogen) atoms. The lowest BCUT2D eigenvalue weighted by Crippen LogP contribution is -2.35. The van der Waals surface area contributed by atoms with E-state index in [-0.39, 0.29) is 15.5 Å². The second-order valence-corrected chi connectivity index (χ2v) is 8.93. The summed E-state index contributed by atoms with van der Waals surface area (Å²) in [4.78, 5) is 10.3. The first-order valence-electron chi connectivity index (χ1n) is 13.5. The summed E-state index contributed by atoms with van der Waals surface area (Å²) in [5, 5.41) is 9.09. The summed E-state index contributed by atoms with van der Waals surface area (Å²) in [5.74, 6) is 0.663. The smallest absolute Gasteiger partial charge is 0.106 e. The first-order chi connectivity index (χ1) is 17.5. The molecule has 2 aromatic rings. The zero-order valence-corrected chi connectivity index (χ0v) is 24.0. The molecule has 1 N–H and O–H groups in total. The van der Waals surface area contributed by atoms with Crippen LogP contribution in [0.3, 0.4) is 0 Å². The Morgan fingerprint density at radius 3 is 2.14 bits per heavy atom. The van der Waals surface area contributed by atoms with Gasteiger partial charge < -0.3 is 14.6 Å². The highest BCUT2D eigenvalue weighted by molar-refractivity contribution is 5.32. The lowest BCUT2D eigenvalue weighted by molar-refractivity contribution is -0.0980. The van der Waals surface area contributed by atoms with Gasteiger partial charge in [0.15, 0.2) is 0 Å². The number of aliphatic hydroxyl groups is 1. The zero-order valence-electron chi connectivity index (χ0n) is 24.0. The number of aliphatic hydroxyl groups excluding tert-OH is 1. The fraction of sp³-hybridized carbons (Fsp3) is 0.545. The van der Waals surface area contributed by atoms with Gasteiger partial charge in [0.25, 0.3) is 0 Å².